The van der Waals surface area contributed by atoms with Gasteiger partial charge in [-0.1, -0.05) is 20.3 Å². The van der Waals surface area contributed by atoms with Gasteiger partial charge < -0.3 is 15.8 Å². The van der Waals surface area contributed by atoms with Crippen molar-refractivity contribution in [2.45, 2.75) is 46.2 Å². The predicted octanol–water partition coefficient (Wildman–Crippen LogP) is 3.68. The molecule has 1 aromatic heterocycles. The quantitative estimate of drug-likeness (QED) is 0.789. The van der Waals surface area contributed by atoms with Crippen LogP contribution in [0.4, 0.5) is 0 Å². The van der Waals surface area contributed by atoms with Crippen LogP contribution in [0.3, 0.4) is 0 Å². The number of nitrogens with one attached hydrogen (secondary N) is 1. The van der Waals surface area contributed by atoms with Gasteiger partial charge in [-0.3, -0.25) is 4.79 Å². The van der Waals surface area contributed by atoms with Crippen molar-refractivity contribution in [1.29, 1.82) is 0 Å². The average Bonchev–Trinajstić information content (AvgIpc) is 3.02. The molecule has 5 nitrogen and oxygen atoms in total. The van der Waals surface area contributed by atoms with Crippen molar-refractivity contribution in [1.82, 2.24) is 10.3 Å². The number of aryl methyl sites for hydroxylation is 1. The number of carbonyl (C=O) groups is 1. The first-order valence-corrected chi connectivity index (χ1v) is 9.36. The van der Waals surface area contributed by atoms with Gasteiger partial charge in [0.1, 0.15) is 10.8 Å². The molecule has 1 amide bonds. The van der Waals surface area contributed by atoms with Crippen LogP contribution in [-0.4, -0.2) is 24.0 Å². The lowest BCUT2D eigenvalue weighted by atomic mass is 9.99. The third kappa shape index (κ3) is 4.58. The molecule has 2 aromatic rings. The molecule has 25 heavy (non-hydrogen) atoms. The van der Waals surface area contributed by atoms with E-state index in [1.807, 2.05) is 52.0 Å². The highest BCUT2D eigenvalue weighted by Crippen LogP contribution is 2.32. The summed E-state index contributed by atoms with van der Waals surface area (Å²) in [4.78, 5) is 18.0. The number of methoxy groups -OCH3 is 1. The van der Waals surface area contributed by atoms with Crippen LogP contribution in [0.2, 0.25) is 0 Å². The van der Waals surface area contributed by atoms with Crippen molar-refractivity contribution < 1.29 is 9.53 Å². The Morgan fingerprint density at radius 2 is 1.96 bits per heavy atom. The summed E-state index contributed by atoms with van der Waals surface area (Å²) in [6, 6.07) is 7.21. The van der Waals surface area contributed by atoms with Gasteiger partial charge >= 0.3 is 0 Å². The molecule has 0 aliphatic heterocycles. The van der Waals surface area contributed by atoms with Gasteiger partial charge in [-0.05, 0) is 44.0 Å². The van der Waals surface area contributed by atoms with Gasteiger partial charge in [0, 0.05) is 5.56 Å². The number of ether oxygens (including phenoxy) is 1. The Balaban J connectivity index is 2.14. The molecule has 3 N–H and O–H groups in total. The normalized spacial score (nSPS) is 14.6. The second-order valence-corrected chi connectivity index (χ2v) is 7.37. The van der Waals surface area contributed by atoms with Crippen LogP contribution in [0.25, 0.3) is 10.6 Å². The maximum absolute atomic E-state index is 12.3. The first-order valence-electron chi connectivity index (χ1n) is 8.55. The highest BCUT2D eigenvalue weighted by molar-refractivity contribution is 7.15. The molecule has 0 aliphatic rings. The number of nitrogens with zero attached hydrogens (tertiary/aromatic N) is 1. The highest BCUT2D eigenvalue weighted by atomic mass is 32.1. The number of hydrogen-bond donors (Lipinski definition) is 2. The summed E-state index contributed by atoms with van der Waals surface area (Å²) in [5, 5.41) is 3.95. The smallest absolute Gasteiger partial charge is 0.237 e. The molecule has 0 saturated carbocycles. The number of nitrogens with two attached hydrogens (primary N) is 1. The molecule has 136 valence electrons. The second kappa shape index (κ2) is 8.45. The zero-order valence-electron chi connectivity index (χ0n) is 15.5. The van der Waals surface area contributed by atoms with Crippen LogP contribution in [0.15, 0.2) is 24.3 Å². The second-order valence-electron chi connectivity index (χ2n) is 6.34. The fourth-order valence-electron chi connectivity index (χ4n) is 2.55. The number of amides is 1. The molecular weight excluding hydrogens is 334 g/mol. The Morgan fingerprint density at radius 3 is 2.52 bits per heavy atom. The average molecular weight is 362 g/mol. The molecule has 0 bridgehead atoms. The summed E-state index contributed by atoms with van der Waals surface area (Å²) >= 11 is 1.59. The summed E-state index contributed by atoms with van der Waals surface area (Å²) < 4.78 is 5.19. The van der Waals surface area contributed by atoms with E-state index in [1.165, 1.54) is 0 Å². The number of rotatable bonds is 7. The molecule has 0 aliphatic carbocycles. The van der Waals surface area contributed by atoms with E-state index in [1.54, 1.807) is 18.4 Å². The molecule has 2 rings (SSSR count). The van der Waals surface area contributed by atoms with E-state index >= 15 is 0 Å². The Kier molecular flexibility index (Phi) is 6.56. The standard InChI is InChI=1S/C19H27N3O2S/c1-6-11(2)16(20)18(23)21-12(3)17-13(4)22-19(25-17)14-7-9-15(24-5)10-8-14/h7-12,16H,6,20H2,1-5H3,(H,21,23). The van der Waals surface area contributed by atoms with Gasteiger partial charge in [0.25, 0.3) is 0 Å². The van der Waals surface area contributed by atoms with E-state index in [0.717, 1.165) is 33.3 Å². The van der Waals surface area contributed by atoms with Gasteiger partial charge in [-0.25, -0.2) is 4.98 Å². The van der Waals surface area contributed by atoms with Crippen LogP contribution in [0.5, 0.6) is 5.75 Å². The van der Waals surface area contributed by atoms with Crippen molar-refractivity contribution in [3.8, 4) is 16.3 Å². The molecular formula is C19H27N3O2S. The highest BCUT2D eigenvalue weighted by Gasteiger charge is 2.23. The van der Waals surface area contributed by atoms with Crippen LogP contribution in [0, 0.1) is 12.8 Å². The van der Waals surface area contributed by atoms with E-state index in [-0.39, 0.29) is 17.9 Å². The Bertz CT molecular complexity index is 712. The van der Waals surface area contributed by atoms with Crippen LogP contribution in [0.1, 0.15) is 43.8 Å². The zero-order chi connectivity index (χ0) is 18.6. The molecule has 0 spiro atoms. The van der Waals surface area contributed by atoms with E-state index in [0.29, 0.717) is 0 Å². The third-order valence-electron chi connectivity index (χ3n) is 4.48. The van der Waals surface area contributed by atoms with Crippen molar-refractivity contribution in [2.75, 3.05) is 7.11 Å². The fraction of sp³-hybridized carbons (Fsp3) is 0.474. The summed E-state index contributed by atoms with van der Waals surface area (Å²) in [5.41, 5.74) is 7.99. The van der Waals surface area contributed by atoms with Crippen molar-refractivity contribution in [2.24, 2.45) is 11.7 Å². The monoisotopic (exact) mass is 361 g/mol. The zero-order valence-corrected chi connectivity index (χ0v) is 16.3. The topological polar surface area (TPSA) is 77.2 Å². The Labute approximate surface area is 153 Å². The summed E-state index contributed by atoms with van der Waals surface area (Å²) in [6.45, 7) is 7.97. The minimum atomic E-state index is -0.485. The van der Waals surface area contributed by atoms with Crippen molar-refractivity contribution in [3.63, 3.8) is 0 Å². The lowest BCUT2D eigenvalue weighted by molar-refractivity contribution is -0.124. The van der Waals surface area contributed by atoms with Crippen LogP contribution in [-0.2, 0) is 4.79 Å². The van der Waals surface area contributed by atoms with Gasteiger partial charge in [-0.2, -0.15) is 0 Å². The lowest BCUT2D eigenvalue weighted by Crippen LogP contribution is -2.45. The van der Waals surface area contributed by atoms with Gasteiger partial charge in [0.2, 0.25) is 5.91 Å². The molecule has 1 aromatic carbocycles. The Hall–Kier alpha value is -1.92. The SMILES string of the molecule is CCC(C)C(N)C(=O)NC(C)c1sc(-c2ccc(OC)cc2)nc1C. The first kappa shape index (κ1) is 19.4. The largest absolute Gasteiger partial charge is 0.497 e. The first-order chi connectivity index (χ1) is 11.9. The van der Waals surface area contributed by atoms with Crippen LogP contribution < -0.4 is 15.8 Å². The maximum atomic E-state index is 12.3. The van der Waals surface area contributed by atoms with E-state index < -0.39 is 6.04 Å². The number of hydrogen-bond acceptors (Lipinski definition) is 5. The van der Waals surface area contributed by atoms with Crippen LogP contribution >= 0.6 is 11.3 Å². The summed E-state index contributed by atoms with van der Waals surface area (Å²) in [7, 11) is 1.65. The third-order valence-corrected chi connectivity index (χ3v) is 5.87. The van der Waals surface area contributed by atoms with E-state index in [4.69, 9.17) is 10.5 Å². The number of thiazole rings is 1. The Morgan fingerprint density at radius 1 is 1.32 bits per heavy atom. The van der Waals surface area contributed by atoms with Gasteiger partial charge in [0.15, 0.2) is 0 Å². The number of aromatic nitrogens is 1. The molecule has 6 heteroatoms. The molecule has 3 atom stereocenters. The van der Waals surface area contributed by atoms with E-state index in [9.17, 15) is 4.79 Å². The minimum absolute atomic E-state index is 0.111. The van der Waals surface area contributed by atoms with E-state index in [2.05, 4.69) is 10.3 Å². The summed E-state index contributed by atoms with van der Waals surface area (Å²) in [5.74, 6) is 0.863. The number of carbonyl (C=O) groups excluding carboxylic acids is 1. The summed E-state index contributed by atoms with van der Waals surface area (Å²) in [6.07, 6.45) is 0.879. The lowest BCUT2D eigenvalue weighted by Gasteiger charge is -2.20. The molecule has 0 saturated heterocycles. The molecule has 3 unspecified atom stereocenters. The molecule has 0 radical (unpaired) electrons. The molecule has 1 heterocycles. The fourth-order valence-corrected chi connectivity index (χ4v) is 3.63. The predicted molar refractivity (Wildman–Crippen MR) is 103 cm³/mol. The molecule has 0 fully saturated rings. The van der Waals surface area contributed by atoms with Crippen molar-refractivity contribution in [3.05, 3.63) is 34.8 Å². The maximum Gasteiger partial charge on any atom is 0.237 e. The van der Waals surface area contributed by atoms with Crippen molar-refractivity contribution >= 4 is 17.2 Å². The van der Waals surface area contributed by atoms with Gasteiger partial charge in [0.05, 0.1) is 29.8 Å². The minimum Gasteiger partial charge on any atom is -0.497 e. The number of benzene rings is 1. The van der Waals surface area contributed by atoms with Gasteiger partial charge in [-0.15, -0.1) is 11.3 Å².